The maximum atomic E-state index is 10.9. The molecule has 0 aromatic rings. The molecule has 0 bridgehead atoms. The van der Waals surface area contributed by atoms with Crippen LogP contribution in [0.1, 0.15) is 58.3 Å². The van der Waals surface area contributed by atoms with E-state index in [1.54, 1.807) is 0 Å². The third kappa shape index (κ3) is 14.5. The molecule has 19 heavy (non-hydrogen) atoms. The Morgan fingerprint density at radius 2 is 1.58 bits per heavy atom. The van der Waals surface area contributed by atoms with Gasteiger partial charge in [-0.1, -0.05) is 83.7 Å². The van der Waals surface area contributed by atoms with Gasteiger partial charge in [0.2, 0.25) is 10.0 Å². The highest BCUT2D eigenvalue weighted by Crippen LogP contribution is 2.31. The average molecular weight is 417 g/mol. The molecule has 0 radical (unpaired) electrons. The second kappa shape index (κ2) is 10.1. The fraction of sp³-hybridized carbons (Fsp3) is 0.846. The molecule has 0 saturated heterocycles. The lowest BCUT2D eigenvalue weighted by atomic mass is 10.1. The van der Waals surface area contributed by atoms with Crippen molar-refractivity contribution in [1.29, 1.82) is 0 Å². The molecule has 0 aromatic carbocycles. The molecule has 0 amide bonds. The zero-order valence-electron chi connectivity index (χ0n) is 11.6. The first-order valence-electron chi connectivity index (χ1n) is 6.63. The van der Waals surface area contributed by atoms with Crippen LogP contribution in [-0.4, -0.2) is 17.9 Å². The van der Waals surface area contributed by atoms with E-state index in [1.165, 1.54) is 38.5 Å². The lowest BCUT2D eigenvalue weighted by molar-refractivity contribution is 0.578. The van der Waals surface area contributed by atoms with Gasteiger partial charge in [0.05, 0.1) is 6.26 Å². The van der Waals surface area contributed by atoms with Gasteiger partial charge in [-0.15, -0.1) is 0 Å². The predicted molar refractivity (Wildman–Crippen MR) is 89.0 cm³/mol. The van der Waals surface area contributed by atoms with Crippen LogP contribution in [0.2, 0.25) is 0 Å². The normalized spacial score (nSPS) is 11.8. The van der Waals surface area contributed by atoms with Gasteiger partial charge in [0.25, 0.3) is 0 Å². The van der Waals surface area contributed by atoms with E-state index < -0.39 is 13.3 Å². The zero-order chi connectivity index (χ0) is 14.8. The molecule has 0 atom stereocenters. The number of hydrogen-bond donors (Lipinski definition) is 1. The molecule has 0 spiro atoms. The summed E-state index contributed by atoms with van der Waals surface area (Å²) in [5.74, 6) is 2.82. The summed E-state index contributed by atoms with van der Waals surface area (Å²) in [7, 11) is -3.25. The van der Waals surface area contributed by atoms with Crippen LogP contribution in [0.25, 0.3) is 0 Å². The van der Waals surface area contributed by atoms with E-state index in [-0.39, 0.29) is 0 Å². The van der Waals surface area contributed by atoms with Crippen molar-refractivity contribution in [1.82, 2.24) is 4.72 Å². The molecular weight excluding hydrogens is 394 g/mol. The molecule has 0 unspecified atom stereocenters. The highest BCUT2D eigenvalue weighted by Gasteiger charge is 2.18. The van der Waals surface area contributed by atoms with Crippen molar-refractivity contribution >= 4 is 41.9 Å². The molecule has 0 fully saturated rings. The summed E-state index contributed by atoms with van der Waals surface area (Å²) in [6, 6.07) is 2.45. The van der Waals surface area contributed by atoms with Gasteiger partial charge in [-0.25, -0.2) is 13.1 Å². The SMILES string of the molecule is CCCCCCCCCC(Br)(Br)C#CNS(C)(=O)=O. The topological polar surface area (TPSA) is 46.2 Å². The van der Waals surface area contributed by atoms with E-state index in [2.05, 4.69) is 55.5 Å². The summed E-state index contributed by atoms with van der Waals surface area (Å²) in [5.41, 5.74) is 0. The number of hydrogen-bond acceptors (Lipinski definition) is 2. The van der Waals surface area contributed by atoms with Crippen LogP contribution in [0.4, 0.5) is 0 Å². The average Bonchev–Trinajstić information content (AvgIpc) is 2.25. The van der Waals surface area contributed by atoms with E-state index in [4.69, 9.17) is 0 Å². The van der Waals surface area contributed by atoms with Crippen LogP contribution in [0.15, 0.2) is 0 Å². The van der Waals surface area contributed by atoms with E-state index >= 15 is 0 Å². The summed E-state index contributed by atoms with van der Waals surface area (Å²) >= 11 is 6.90. The van der Waals surface area contributed by atoms with Crippen molar-refractivity contribution in [3.05, 3.63) is 0 Å². The molecule has 1 N–H and O–H groups in total. The highest BCUT2D eigenvalue weighted by atomic mass is 79.9. The Hall–Kier alpha value is 0.270. The van der Waals surface area contributed by atoms with Crippen molar-refractivity contribution in [2.75, 3.05) is 6.26 Å². The molecule has 3 nitrogen and oxygen atoms in total. The Bertz CT molecular complexity index is 397. The first kappa shape index (κ1) is 19.3. The Morgan fingerprint density at radius 3 is 2.11 bits per heavy atom. The minimum absolute atomic E-state index is 0.499. The van der Waals surface area contributed by atoms with Gasteiger partial charge in [-0.2, -0.15) is 0 Å². The van der Waals surface area contributed by atoms with E-state index in [0.29, 0.717) is 0 Å². The summed E-state index contributed by atoms with van der Waals surface area (Å²) in [6.45, 7) is 2.22. The van der Waals surface area contributed by atoms with Crippen LogP contribution in [0, 0.1) is 12.0 Å². The van der Waals surface area contributed by atoms with Crippen molar-refractivity contribution in [3.8, 4) is 12.0 Å². The lowest BCUT2D eigenvalue weighted by Crippen LogP contribution is -2.17. The summed E-state index contributed by atoms with van der Waals surface area (Å²) in [5, 5.41) is 0. The van der Waals surface area contributed by atoms with Gasteiger partial charge in [-0.3, -0.25) is 0 Å². The second-order valence-electron chi connectivity index (χ2n) is 4.70. The van der Waals surface area contributed by atoms with Crippen LogP contribution >= 0.6 is 31.9 Å². The number of halogens is 2. The fourth-order valence-electron chi connectivity index (χ4n) is 1.58. The standard InChI is InChI=1S/C13H23Br2NO2S/c1-3-4-5-6-7-8-9-10-13(14,15)11-12-16-19(2,17)18/h16H,3-10H2,1-2H3. The highest BCUT2D eigenvalue weighted by molar-refractivity contribution is 9.25. The van der Waals surface area contributed by atoms with Crippen molar-refractivity contribution in [2.24, 2.45) is 0 Å². The maximum Gasteiger partial charge on any atom is 0.236 e. The summed E-state index contributed by atoms with van der Waals surface area (Å²) in [6.07, 6.45) is 10.7. The van der Waals surface area contributed by atoms with Gasteiger partial charge >= 0.3 is 0 Å². The number of rotatable bonds is 9. The minimum Gasteiger partial charge on any atom is -0.242 e. The molecule has 0 saturated carbocycles. The monoisotopic (exact) mass is 415 g/mol. The van der Waals surface area contributed by atoms with E-state index in [1.807, 2.05) is 0 Å². The second-order valence-corrected chi connectivity index (χ2v) is 10.2. The quantitative estimate of drug-likeness (QED) is 0.266. The number of nitrogens with one attached hydrogen (secondary N) is 1. The first-order valence-corrected chi connectivity index (χ1v) is 10.1. The van der Waals surface area contributed by atoms with Gasteiger partial charge in [0.15, 0.2) is 0 Å². The molecule has 6 heteroatoms. The van der Waals surface area contributed by atoms with E-state index in [0.717, 1.165) is 19.1 Å². The molecular formula is C13H23Br2NO2S. The summed E-state index contributed by atoms with van der Waals surface area (Å²) in [4.78, 5) is 0. The predicted octanol–water partition coefficient (Wildman–Crippen LogP) is 4.12. The largest absolute Gasteiger partial charge is 0.242 e. The summed E-state index contributed by atoms with van der Waals surface area (Å²) < 4.78 is 23.4. The molecule has 0 aromatic heterocycles. The number of unbranched alkanes of at least 4 members (excludes halogenated alkanes) is 6. The van der Waals surface area contributed by atoms with Crippen LogP contribution in [-0.2, 0) is 10.0 Å². The fourth-order valence-corrected chi connectivity index (χ4v) is 2.57. The van der Waals surface area contributed by atoms with Crippen LogP contribution < -0.4 is 4.72 Å². The Morgan fingerprint density at radius 1 is 1.05 bits per heavy atom. The Balaban J connectivity index is 3.79. The number of sulfonamides is 1. The molecule has 112 valence electrons. The molecule has 0 aliphatic rings. The van der Waals surface area contributed by atoms with Crippen LogP contribution in [0.5, 0.6) is 0 Å². The van der Waals surface area contributed by atoms with Gasteiger partial charge in [-0.05, 0) is 12.3 Å². The molecule has 0 rings (SSSR count). The van der Waals surface area contributed by atoms with Crippen molar-refractivity contribution in [2.45, 2.75) is 61.5 Å². The lowest BCUT2D eigenvalue weighted by Gasteiger charge is -2.12. The minimum atomic E-state index is -3.25. The Labute approximate surface area is 134 Å². The number of alkyl halides is 2. The molecule has 0 aliphatic carbocycles. The molecule has 0 heterocycles. The van der Waals surface area contributed by atoms with E-state index in [9.17, 15) is 8.42 Å². The third-order valence-electron chi connectivity index (χ3n) is 2.58. The van der Waals surface area contributed by atoms with Gasteiger partial charge in [0.1, 0.15) is 3.23 Å². The van der Waals surface area contributed by atoms with Gasteiger partial charge in [0, 0.05) is 6.04 Å². The van der Waals surface area contributed by atoms with Crippen molar-refractivity contribution in [3.63, 3.8) is 0 Å². The Kier molecular flexibility index (Phi) is 10.2. The maximum absolute atomic E-state index is 10.9. The van der Waals surface area contributed by atoms with Crippen LogP contribution in [0.3, 0.4) is 0 Å². The zero-order valence-corrected chi connectivity index (χ0v) is 15.6. The van der Waals surface area contributed by atoms with Crippen molar-refractivity contribution < 1.29 is 8.42 Å². The smallest absolute Gasteiger partial charge is 0.236 e. The molecule has 0 aliphatic heterocycles. The van der Waals surface area contributed by atoms with Gasteiger partial charge < -0.3 is 0 Å². The third-order valence-corrected chi connectivity index (χ3v) is 4.24. The first-order chi connectivity index (χ1) is 8.77.